The maximum atomic E-state index is 4.79. The molecule has 2 N–H and O–H groups in total. The lowest BCUT2D eigenvalue weighted by Crippen LogP contribution is -2.16. The Morgan fingerprint density at radius 2 is 1.90 bits per heavy atom. The number of rotatable bonds is 3. The van der Waals surface area contributed by atoms with Crippen molar-refractivity contribution in [2.75, 3.05) is 25.5 Å². The molecule has 0 spiro atoms. The first-order chi connectivity index (χ1) is 9.86. The molecule has 2 aromatic rings. The molecule has 0 radical (unpaired) electrons. The first-order valence-corrected chi connectivity index (χ1v) is 7.18. The minimum absolute atomic E-state index is 0.788. The molecule has 0 bridgehead atoms. The van der Waals surface area contributed by atoms with E-state index in [0.717, 1.165) is 44.0 Å². The van der Waals surface area contributed by atoms with Gasteiger partial charge in [-0.05, 0) is 18.5 Å². The normalized spacial score (nSPS) is 14.4. The number of anilines is 1. The van der Waals surface area contributed by atoms with Gasteiger partial charge in [0.25, 0.3) is 0 Å². The Kier molecular flexibility index (Phi) is 3.92. The monoisotopic (exact) mass is 268 g/mol. The Morgan fingerprint density at radius 3 is 2.70 bits per heavy atom. The van der Waals surface area contributed by atoms with E-state index in [-0.39, 0.29) is 0 Å². The number of hydrogen-bond acceptors (Lipinski definition) is 4. The fraction of sp³-hybridized carbons (Fsp3) is 0.375. The third-order valence-electron chi connectivity index (χ3n) is 3.67. The molecule has 3 rings (SSSR count). The Hall–Kier alpha value is -1.94. The maximum Gasteiger partial charge on any atom is 0.135 e. The molecule has 1 aliphatic heterocycles. The van der Waals surface area contributed by atoms with Crippen molar-refractivity contribution in [2.24, 2.45) is 0 Å². The second-order valence-electron chi connectivity index (χ2n) is 5.08. The van der Waals surface area contributed by atoms with Crippen LogP contribution in [-0.4, -0.2) is 30.1 Å². The lowest BCUT2D eigenvalue weighted by molar-refractivity contribution is 0.708. The fourth-order valence-corrected chi connectivity index (χ4v) is 2.66. The van der Waals surface area contributed by atoms with E-state index in [1.165, 1.54) is 16.8 Å². The van der Waals surface area contributed by atoms with Gasteiger partial charge in [0.2, 0.25) is 0 Å². The zero-order chi connectivity index (χ0) is 13.8. The smallest absolute Gasteiger partial charge is 0.135 e. The molecule has 20 heavy (non-hydrogen) atoms. The van der Waals surface area contributed by atoms with Gasteiger partial charge in [-0.3, -0.25) is 0 Å². The standard InChI is InChI=1S/C16H20N4/c1-17-16-13-7-9-18-10-8-14(13)19-15(20-16)11-12-5-3-2-4-6-12/h2-6,18H,7-11H2,1H3,(H,17,19,20). The molecule has 0 amide bonds. The number of aromatic nitrogens is 2. The Bertz CT molecular complexity index is 581. The van der Waals surface area contributed by atoms with Crippen molar-refractivity contribution in [2.45, 2.75) is 19.3 Å². The van der Waals surface area contributed by atoms with Crippen LogP contribution in [0.4, 0.5) is 5.82 Å². The van der Waals surface area contributed by atoms with Crippen molar-refractivity contribution in [1.82, 2.24) is 15.3 Å². The molecule has 4 heteroatoms. The van der Waals surface area contributed by atoms with E-state index >= 15 is 0 Å². The molecular weight excluding hydrogens is 248 g/mol. The maximum absolute atomic E-state index is 4.79. The number of benzene rings is 1. The van der Waals surface area contributed by atoms with Crippen LogP contribution in [0, 0.1) is 0 Å². The first kappa shape index (κ1) is 13.1. The lowest BCUT2D eigenvalue weighted by atomic mass is 10.1. The molecule has 0 saturated carbocycles. The third-order valence-corrected chi connectivity index (χ3v) is 3.67. The second-order valence-corrected chi connectivity index (χ2v) is 5.08. The molecule has 0 atom stereocenters. The largest absolute Gasteiger partial charge is 0.373 e. The van der Waals surface area contributed by atoms with Gasteiger partial charge in [-0.2, -0.15) is 0 Å². The molecule has 0 fully saturated rings. The highest BCUT2D eigenvalue weighted by molar-refractivity contribution is 5.47. The summed E-state index contributed by atoms with van der Waals surface area (Å²) >= 11 is 0. The van der Waals surface area contributed by atoms with Crippen LogP contribution < -0.4 is 10.6 Å². The van der Waals surface area contributed by atoms with Crippen LogP contribution in [-0.2, 0) is 19.3 Å². The Balaban J connectivity index is 1.94. The summed E-state index contributed by atoms with van der Waals surface area (Å²) in [6.07, 6.45) is 2.77. The van der Waals surface area contributed by atoms with Gasteiger partial charge in [0, 0.05) is 32.0 Å². The van der Waals surface area contributed by atoms with Crippen molar-refractivity contribution in [3.63, 3.8) is 0 Å². The summed E-state index contributed by atoms with van der Waals surface area (Å²) in [6, 6.07) is 10.4. The molecule has 1 aromatic carbocycles. The number of hydrogen-bond donors (Lipinski definition) is 2. The molecule has 2 heterocycles. The van der Waals surface area contributed by atoms with E-state index < -0.39 is 0 Å². The topological polar surface area (TPSA) is 49.8 Å². The zero-order valence-corrected chi connectivity index (χ0v) is 11.8. The van der Waals surface area contributed by atoms with E-state index in [4.69, 9.17) is 9.97 Å². The molecule has 104 valence electrons. The predicted octanol–water partition coefficient (Wildman–Crippen LogP) is 1.80. The molecule has 1 aromatic heterocycles. The van der Waals surface area contributed by atoms with E-state index in [1.807, 2.05) is 13.1 Å². The molecule has 4 nitrogen and oxygen atoms in total. The number of fused-ring (bicyclic) bond motifs is 1. The molecule has 0 unspecified atom stereocenters. The van der Waals surface area contributed by atoms with Crippen LogP contribution in [0.25, 0.3) is 0 Å². The summed E-state index contributed by atoms with van der Waals surface area (Å²) in [4.78, 5) is 9.48. The van der Waals surface area contributed by atoms with Crippen LogP contribution in [0.3, 0.4) is 0 Å². The summed E-state index contributed by atoms with van der Waals surface area (Å²) in [6.45, 7) is 2.00. The summed E-state index contributed by atoms with van der Waals surface area (Å²) < 4.78 is 0. The highest BCUT2D eigenvalue weighted by Crippen LogP contribution is 2.20. The highest BCUT2D eigenvalue weighted by atomic mass is 15.0. The van der Waals surface area contributed by atoms with Crippen molar-refractivity contribution >= 4 is 5.82 Å². The van der Waals surface area contributed by atoms with Gasteiger partial charge in [-0.1, -0.05) is 30.3 Å². The van der Waals surface area contributed by atoms with Gasteiger partial charge in [-0.25, -0.2) is 9.97 Å². The van der Waals surface area contributed by atoms with Gasteiger partial charge in [0.05, 0.1) is 5.69 Å². The highest BCUT2D eigenvalue weighted by Gasteiger charge is 2.15. The number of nitrogens with one attached hydrogen (secondary N) is 2. The fourth-order valence-electron chi connectivity index (χ4n) is 2.66. The van der Waals surface area contributed by atoms with Crippen molar-refractivity contribution < 1.29 is 0 Å². The molecular formula is C16H20N4. The summed E-state index contributed by atoms with van der Waals surface area (Å²) in [5.41, 5.74) is 3.72. The Morgan fingerprint density at radius 1 is 1.10 bits per heavy atom. The van der Waals surface area contributed by atoms with Gasteiger partial charge < -0.3 is 10.6 Å². The van der Waals surface area contributed by atoms with Crippen LogP contribution in [0.15, 0.2) is 30.3 Å². The predicted molar refractivity (Wildman–Crippen MR) is 81.1 cm³/mol. The third kappa shape index (κ3) is 2.80. The second kappa shape index (κ2) is 6.01. The van der Waals surface area contributed by atoms with Crippen LogP contribution >= 0.6 is 0 Å². The average molecular weight is 268 g/mol. The van der Waals surface area contributed by atoms with Crippen molar-refractivity contribution in [1.29, 1.82) is 0 Å². The molecule has 0 saturated heterocycles. The van der Waals surface area contributed by atoms with Gasteiger partial charge in [0.15, 0.2) is 0 Å². The molecule has 1 aliphatic rings. The summed E-state index contributed by atoms with van der Waals surface area (Å²) in [5, 5.41) is 6.65. The van der Waals surface area contributed by atoms with Gasteiger partial charge in [-0.15, -0.1) is 0 Å². The average Bonchev–Trinajstić information content (AvgIpc) is 2.73. The zero-order valence-electron chi connectivity index (χ0n) is 11.8. The SMILES string of the molecule is CNc1nc(Cc2ccccc2)nc2c1CCNCC2. The molecule has 0 aliphatic carbocycles. The van der Waals surface area contributed by atoms with E-state index in [2.05, 4.69) is 34.9 Å². The quantitative estimate of drug-likeness (QED) is 0.891. The minimum Gasteiger partial charge on any atom is -0.373 e. The van der Waals surface area contributed by atoms with Crippen molar-refractivity contribution in [3.8, 4) is 0 Å². The first-order valence-electron chi connectivity index (χ1n) is 7.18. The summed E-state index contributed by atoms with van der Waals surface area (Å²) in [7, 11) is 1.94. The lowest BCUT2D eigenvalue weighted by Gasteiger charge is -2.12. The van der Waals surface area contributed by atoms with Gasteiger partial charge in [0.1, 0.15) is 11.6 Å². The van der Waals surface area contributed by atoms with Crippen LogP contribution in [0.1, 0.15) is 22.6 Å². The van der Waals surface area contributed by atoms with Crippen LogP contribution in [0.5, 0.6) is 0 Å². The minimum atomic E-state index is 0.788. The van der Waals surface area contributed by atoms with Crippen molar-refractivity contribution in [3.05, 3.63) is 53.0 Å². The van der Waals surface area contributed by atoms with Crippen LogP contribution in [0.2, 0.25) is 0 Å². The van der Waals surface area contributed by atoms with E-state index in [0.29, 0.717) is 0 Å². The Labute approximate surface area is 119 Å². The number of nitrogens with zero attached hydrogens (tertiary/aromatic N) is 2. The van der Waals surface area contributed by atoms with E-state index in [9.17, 15) is 0 Å². The van der Waals surface area contributed by atoms with Gasteiger partial charge >= 0.3 is 0 Å². The van der Waals surface area contributed by atoms with E-state index in [1.54, 1.807) is 0 Å². The summed E-state index contributed by atoms with van der Waals surface area (Å²) in [5.74, 6) is 1.89.